The van der Waals surface area contributed by atoms with Gasteiger partial charge in [0.05, 0.1) is 72.8 Å². The first-order valence-electron chi connectivity index (χ1n) is 16.3. The van der Waals surface area contributed by atoms with Crippen LogP contribution in [0, 0.1) is 0 Å². The fraction of sp³-hybridized carbons (Fsp3) is 0.529. The molecule has 0 spiro atoms. The number of aryl methyl sites for hydroxylation is 2. The van der Waals surface area contributed by atoms with E-state index in [-0.39, 0.29) is 0 Å². The van der Waals surface area contributed by atoms with Crippen molar-refractivity contribution in [1.29, 1.82) is 0 Å². The Labute approximate surface area is 288 Å². The van der Waals surface area contributed by atoms with Crippen LogP contribution in [-0.4, -0.2) is 61.1 Å². The van der Waals surface area contributed by atoms with E-state index in [1.54, 1.807) is 0 Å². The fourth-order valence-corrected chi connectivity index (χ4v) is 11.5. The second-order valence-corrected chi connectivity index (χ2v) is 16.3. The molecule has 0 saturated heterocycles. The summed E-state index contributed by atoms with van der Waals surface area (Å²) < 4.78 is 36.0. The van der Waals surface area contributed by atoms with Crippen molar-refractivity contribution in [2.24, 2.45) is 0 Å². The molecular weight excluding hydrogens is 661 g/mol. The molecule has 0 aliphatic rings. The molecule has 2 N–H and O–H groups in total. The lowest BCUT2D eigenvalue weighted by Crippen LogP contribution is -2.00. The summed E-state index contributed by atoms with van der Waals surface area (Å²) in [7, 11) is 7.52. The van der Waals surface area contributed by atoms with E-state index in [1.165, 1.54) is 0 Å². The van der Waals surface area contributed by atoms with Gasteiger partial charge in [0.1, 0.15) is 0 Å². The molecule has 0 fully saturated rings. The molecule has 4 aromatic rings. The van der Waals surface area contributed by atoms with Crippen molar-refractivity contribution >= 4 is 63.0 Å². The first-order chi connectivity index (χ1) is 22.6. The van der Waals surface area contributed by atoms with Crippen LogP contribution in [-0.2, 0) is 12.8 Å². The van der Waals surface area contributed by atoms with Gasteiger partial charge in [-0.25, -0.2) is 0 Å². The lowest BCUT2D eigenvalue weighted by atomic mass is 10.1. The Morgan fingerprint density at radius 1 is 0.478 bits per heavy atom. The van der Waals surface area contributed by atoms with E-state index in [0.717, 1.165) is 105 Å². The lowest BCUT2D eigenvalue weighted by Gasteiger charge is -2.13. The molecule has 4 rings (SSSR count). The Hall–Kier alpha value is -2.28. The van der Waals surface area contributed by atoms with E-state index in [9.17, 15) is 0 Å². The summed E-state index contributed by atoms with van der Waals surface area (Å²) in [4.78, 5) is 7.17. The molecule has 0 radical (unpaired) electrons. The zero-order valence-corrected chi connectivity index (χ0v) is 31.1. The molecule has 2 aromatic heterocycles. The molecule has 0 bridgehead atoms. The van der Waals surface area contributed by atoms with Crippen LogP contribution in [0.3, 0.4) is 0 Å². The van der Waals surface area contributed by atoms with Crippen molar-refractivity contribution in [3.05, 3.63) is 35.7 Å². The summed E-state index contributed by atoms with van der Waals surface area (Å²) in [5.41, 5.74) is 4.27. The minimum atomic E-state index is 0.567. The summed E-state index contributed by atoms with van der Waals surface area (Å²) in [6.07, 6.45) is 3.92. The van der Waals surface area contributed by atoms with Crippen LogP contribution in [0.25, 0.3) is 21.8 Å². The predicted molar refractivity (Wildman–Crippen MR) is 200 cm³/mol. The Kier molecular flexibility index (Phi) is 15.5. The van der Waals surface area contributed by atoms with Gasteiger partial charge in [0.15, 0.2) is 34.5 Å². The third-order valence-electron chi connectivity index (χ3n) is 7.00. The highest BCUT2D eigenvalue weighted by Gasteiger charge is 2.22. The van der Waals surface area contributed by atoms with E-state index in [2.05, 4.69) is 22.1 Å². The van der Waals surface area contributed by atoms with E-state index >= 15 is 0 Å². The van der Waals surface area contributed by atoms with Gasteiger partial charge in [-0.1, -0.05) is 21.6 Å². The molecule has 12 heteroatoms. The molecule has 0 saturated carbocycles. The molecule has 2 aromatic carbocycles. The maximum Gasteiger partial charge on any atom is 0.174 e. The first-order valence-corrected chi connectivity index (χ1v) is 21.5. The Morgan fingerprint density at radius 2 is 0.848 bits per heavy atom. The van der Waals surface area contributed by atoms with Gasteiger partial charge in [0.25, 0.3) is 0 Å². The van der Waals surface area contributed by atoms with Crippen LogP contribution >= 0.6 is 41.2 Å². The topological polar surface area (TPSA) is 87.0 Å². The zero-order valence-electron chi connectivity index (χ0n) is 27.9. The van der Waals surface area contributed by atoms with Gasteiger partial charge < -0.3 is 38.4 Å². The summed E-state index contributed by atoms with van der Waals surface area (Å²) in [5.74, 6) is 6.92. The largest absolute Gasteiger partial charge is 0.491 e. The van der Waals surface area contributed by atoms with Crippen LogP contribution in [0.4, 0.5) is 0 Å². The number of H-pyrrole nitrogens is 2. The number of nitrogens with one attached hydrogen (secondary N) is 2. The quantitative estimate of drug-likeness (QED) is 0.0573. The average molecular weight is 709 g/mol. The number of fused-ring (bicyclic) bond motifs is 2. The second-order valence-electron chi connectivity index (χ2n) is 10.1. The lowest BCUT2D eigenvalue weighted by molar-refractivity contribution is 0.289. The molecule has 0 unspecified atom stereocenters. The predicted octanol–water partition coefficient (Wildman–Crippen LogP) is 10.3. The Morgan fingerprint density at radius 3 is 1.22 bits per heavy atom. The van der Waals surface area contributed by atoms with E-state index in [1.807, 2.05) is 94.9 Å². The van der Waals surface area contributed by atoms with Crippen molar-refractivity contribution in [3.63, 3.8) is 0 Å². The molecule has 8 nitrogen and oxygen atoms in total. The minimum absolute atomic E-state index is 0.567. The normalized spacial score (nSPS) is 11.3. The standard InChI is InChI=1S/C34H48N2O6S4/c1-7-37-27-19-17-23-29(33(27)41-11-5)31(39-9-3)25(35-23)15-13-21-43-45-46-44-22-14-16-26-32(40-10-4)30-24(36-26)18-20-28(38-8-2)34(30)42-12-6/h17-20,35-36H,7-16,21-22H2,1-6H3. The van der Waals surface area contributed by atoms with Gasteiger partial charge in [0.2, 0.25) is 0 Å². The molecule has 0 amide bonds. The average Bonchev–Trinajstić information content (AvgIpc) is 3.58. The van der Waals surface area contributed by atoms with Crippen molar-refractivity contribution in [2.75, 3.05) is 51.1 Å². The van der Waals surface area contributed by atoms with E-state index < -0.39 is 0 Å². The smallest absolute Gasteiger partial charge is 0.174 e. The summed E-state index contributed by atoms with van der Waals surface area (Å²) >= 11 is 0. The number of hydrogen-bond acceptors (Lipinski definition) is 10. The third kappa shape index (κ3) is 9.20. The highest BCUT2D eigenvalue weighted by atomic mass is 33.7. The number of rotatable bonds is 23. The van der Waals surface area contributed by atoms with Crippen LogP contribution in [0.2, 0.25) is 0 Å². The monoisotopic (exact) mass is 708 g/mol. The highest BCUT2D eigenvalue weighted by molar-refractivity contribution is 9.26. The number of benzene rings is 2. The first kappa shape index (κ1) is 36.6. The number of aromatic amines is 2. The molecule has 2 heterocycles. The number of ether oxygens (including phenoxy) is 6. The molecule has 0 aliphatic carbocycles. The van der Waals surface area contributed by atoms with Gasteiger partial charge >= 0.3 is 0 Å². The highest BCUT2D eigenvalue weighted by Crippen LogP contribution is 2.46. The van der Waals surface area contributed by atoms with Crippen molar-refractivity contribution in [3.8, 4) is 34.5 Å². The maximum absolute atomic E-state index is 6.14. The molecule has 254 valence electrons. The number of aromatic nitrogens is 2. The summed E-state index contributed by atoms with van der Waals surface area (Å²) in [6, 6.07) is 8.06. The van der Waals surface area contributed by atoms with Crippen LogP contribution in [0.1, 0.15) is 65.8 Å². The molecule has 46 heavy (non-hydrogen) atoms. The van der Waals surface area contributed by atoms with Gasteiger partial charge in [-0.3, -0.25) is 0 Å². The summed E-state index contributed by atoms with van der Waals surface area (Å²) in [5, 5.41) is 1.95. The molecule has 0 aliphatic heterocycles. The SMILES string of the molecule is CCOc1ccc2[nH]c(CCCSSSSCCCc3[nH]c4ccc(OCC)c(OCC)c4c3OCC)c(OCC)c2c1OCC. The molecular formula is C34H48N2O6S4. The van der Waals surface area contributed by atoms with Crippen molar-refractivity contribution in [2.45, 2.75) is 67.2 Å². The van der Waals surface area contributed by atoms with Crippen molar-refractivity contribution < 1.29 is 28.4 Å². The van der Waals surface area contributed by atoms with Crippen LogP contribution < -0.4 is 28.4 Å². The van der Waals surface area contributed by atoms with Gasteiger partial charge in [0, 0.05) is 11.5 Å². The second kappa shape index (κ2) is 19.5. The van der Waals surface area contributed by atoms with E-state index in [4.69, 9.17) is 28.4 Å². The third-order valence-corrected chi connectivity index (χ3v) is 13.6. The number of hydrogen-bond donors (Lipinski definition) is 2. The zero-order chi connectivity index (χ0) is 32.7. The van der Waals surface area contributed by atoms with Gasteiger partial charge in [-0.2, -0.15) is 0 Å². The van der Waals surface area contributed by atoms with Gasteiger partial charge in [-0.15, -0.1) is 0 Å². The Balaban J connectivity index is 1.24. The van der Waals surface area contributed by atoms with Gasteiger partial charge in [-0.05, 0) is 111 Å². The van der Waals surface area contributed by atoms with Crippen molar-refractivity contribution in [1.82, 2.24) is 9.97 Å². The summed E-state index contributed by atoms with van der Waals surface area (Å²) in [6.45, 7) is 15.5. The van der Waals surface area contributed by atoms with Crippen LogP contribution in [0.5, 0.6) is 34.5 Å². The van der Waals surface area contributed by atoms with Crippen LogP contribution in [0.15, 0.2) is 24.3 Å². The molecule has 0 atom stereocenters. The minimum Gasteiger partial charge on any atom is -0.491 e. The van der Waals surface area contributed by atoms with E-state index in [0.29, 0.717) is 39.6 Å². The fourth-order valence-electron chi connectivity index (χ4n) is 5.32. The Bertz CT molecular complexity index is 1400. The maximum atomic E-state index is 6.14.